The monoisotopic (exact) mass is 284 g/mol. The van der Waals surface area contributed by atoms with Crippen molar-refractivity contribution < 1.29 is 9.53 Å². The molecule has 1 aromatic rings. The Hall–Kier alpha value is -1.14. The third-order valence-electron chi connectivity index (χ3n) is 3.46. The maximum Gasteiger partial charge on any atom is 0.305 e. The summed E-state index contributed by atoms with van der Waals surface area (Å²) in [4.78, 5) is 27.8. The van der Waals surface area contributed by atoms with Crippen LogP contribution >= 0.6 is 11.3 Å². The number of H-pyrrole nitrogens is 1. The number of nitrogens with zero attached hydrogens (tertiary/aromatic N) is 1. The Morgan fingerprint density at radius 1 is 1.63 bits per heavy atom. The van der Waals surface area contributed by atoms with Crippen LogP contribution in [0.5, 0.6) is 0 Å². The second kappa shape index (κ2) is 5.46. The average molecular weight is 284 g/mol. The molecule has 1 aliphatic heterocycles. The summed E-state index contributed by atoms with van der Waals surface area (Å²) in [6.45, 7) is 7.36. The van der Waals surface area contributed by atoms with E-state index in [1.54, 1.807) is 5.38 Å². The van der Waals surface area contributed by atoms with Crippen LogP contribution in [0.1, 0.15) is 44.1 Å². The largest absolute Gasteiger partial charge is 0.375 e. The Balaban J connectivity index is 2.15. The molecule has 0 spiro atoms. The highest BCUT2D eigenvalue weighted by Crippen LogP contribution is 2.28. The molecule has 2 heterocycles. The molecule has 2 rings (SSSR count). The fourth-order valence-corrected chi connectivity index (χ4v) is 3.13. The second-order valence-electron chi connectivity index (χ2n) is 5.41. The number of aromatic nitrogens is 1. The van der Waals surface area contributed by atoms with E-state index in [2.05, 4.69) is 4.98 Å². The number of aromatic amines is 1. The van der Waals surface area contributed by atoms with Gasteiger partial charge in [-0.1, -0.05) is 11.3 Å². The van der Waals surface area contributed by atoms with Crippen LogP contribution in [0.25, 0.3) is 0 Å². The Bertz CT molecular complexity index is 506. The zero-order chi connectivity index (χ0) is 14.0. The summed E-state index contributed by atoms with van der Waals surface area (Å²) in [5.74, 6) is -0.0939. The molecule has 0 aliphatic carbocycles. The molecule has 1 atom stereocenters. The smallest absolute Gasteiger partial charge is 0.305 e. The standard InChI is InChI=1S/C13H20N2O3S/c1-4-15(9-5-6-18-13(2,3)7-9)11(16)10-8-19-12(17)14-10/h8-9H,4-7H2,1-3H3,(H,14,17). The summed E-state index contributed by atoms with van der Waals surface area (Å²) in [5.41, 5.74) is 0.194. The number of carbonyl (C=O) groups is 1. The number of amides is 1. The fraction of sp³-hybridized carbons (Fsp3) is 0.692. The molecular weight excluding hydrogens is 264 g/mol. The summed E-state index contributed by atoms with van der Waals surface area (Å²) in [6.07, 6.45) is 1.67. The van der Waals surface area contributed by atoms with Crippen LogP contribution in [0.4, 0.5) is 0 Å². The van der Waals surface area contributed by atoms with Crippen molar-refractivity contribution in [1.29, 1.82) is 0 Å². The number of nitrogens with one attached hydrogen (secondary N) is 1. The predicted octanol–water partition coefficient (Wildman–Crippen LogP) is 1.86. The lowest BCUT2D eigenvalue weighted by Gasteiger charge is -2.40. The highest BCUT2D eigenvalue weighted by Gasteiger charge is 2.34. The van der Waals surface area contributed by atoms with Crippen LogP contribution < -0.4 is 4.87 Å². The number of hydrogen-bond acceptors (Lipinski definition) is 4. The lowest BCUT2D eigenvalue weighted by Crippen LogP contribution is -2.48. The van der Waals surface area contributed by atoms with Crippen LogP contribution in [0.2, 0.25) is 0 Å². The van der Waals surface area contributed by atoms with Gasteiger partial charge >= 0.3 is 4.87 Å². The zero-order valence-corrected chi connectivity index (χ0v) is 12.4. The van der Waals surface area contributed by atoms with Crippen LogP contribution in [0, 0.1) is 0 Å². The summed E-state index contributed by atoms with van der Waals surface area (Å²) in [7, 11) is 0. The van der Waals surface area contributed by atoms with Gasteiger partial charge in [0.2, 0.25) is 0 Å². The Morgan fingerprint density at radius 3 is 2.89 bits per heavy atom. The van der Waals surface area contributed by atoms with Gasteiger partial charge in [0.1, 0.15) is 5.69 Å². The van der Waals surface area contributed by atoms with Crippen molar-refractivity contribution in [3.05, 3.63) is 20.7 Å². The maximum absolute atomic E-state index is 12.4. The molecule has 1 saturated heterocycles. The normalized spacial score (nSPS) is 22.2. The quantitative estimate of drug-likeness (QED) is 0.921. The molecular formula is C13H20N2O3S. The number of carbonyl (C=O) groups excluding carboxylic acids is 1. The second-order valence-corrected chi connectivity index (χ2v) is 6.25. The van der Waals surface area contributed by atoms with Gasteiger partial charge in [-0.15, -0.1) is 0 Å². The van der Waals surface area contributed by atoms with Gasteiger partial charge in [0.05, 0.1) is 5.60 Å². The van der Waals surface area contributed by atoms with E-state index in [-0.39, 0.29) is 22.4 Å². The molecule has 6 heteroatoms. The molecule has 1 unspecified atom stereocenters. The molecule has 106 valence electrons. The van der Waals surface area contributed by atoms with Crippen LogP contribution in [0.3, 0.4) is 0 Å². The molecule has 1 N–H and O–H groups in total. The minimum absolute atomic E-state index is 0.0939. The Morgan fingerprint density at radius 2 is 2.37 bits per heavy atom. The van der Waals surface area contributed by atoms with E-state index in [0.29, 0.717) is 18.8 Å². The predicted molar refractivity (Wildman–Crippen MR) is 74.7 cm³/mol. The first-order chi connectivity index (χ1) is 8.93. The van der Waals surface area contributed by atoms with Crippen molar-refractivity contribution in [2.45, 2.75) is 45.3 Å². The lowest BCUT2D eigenvalue weighted by atomic mass is 9.92. The van der Waals surface area contributed by atoms with Gasteiger partial charge < -0.3 is 14.6 Å². The Kier molecular flexibility index (Phi) is 4.10. The van der Waals surface area contributed by atoms with E-state index >= 15 is 0 Å². The van der Waals surface area contributed by atoms with E-state index in [1.165, 1.54) is 0 Å². The van der Waals surface area contributed by atoms with Gasteiger partial charge in [-0.3, -0.25) is 9.59 Å². The molecule has 5 nitrogen and oxygen atoms in total. The van der Waals surface area contributed by atoms with E-state index in [4.69, 9.17) is 4.74 Å². The van der Waals surface area contributed by atoms with Gasteiger partial charge in [0, 0.05) is 24.6 Å². The average Bonchev–Trinajstić information content (AvgIpc) is 2.75. The van der Waals surface area contributed by atoms with Gasteiger partial charge in [-0.05, 0) is 33.6 Å². The third kappa shape index (κ3) is 3.25. The Labute approximate surface area is 116 Å². The molecule has 1 aliphatic rings. The minimum Gasteiger partial charge on any atom is -0.375 e. The molecule has 19 heavy (non-hydrogen) atoms. The van der Waals surface area contributed by atoms with Gasteiger partial charge in [0.15, 0.2) is 0 Å². The van der Waals surface area contributed by atoms with E-state index < -0.39 is 0 Å². The molecule has 0 saturated carbocycles. The molecule has 0 aromatic carbocycles. The fourth-order valence-electron chi connectivity index (χ4n) is 2.57. The van der Waals surface area contributed by atoms with Gasteiger partial charge in [-0.2, -0.15) is 0 Å². The van der Waals surface area contributed by atoms with Crippen LogP contribution in [-0.2, 0) is 4.74 Å². The van der Waals surface area contributed by atoms with Gasteiger partial charge in [-0.25, -0.2) is 0 Å². The van der Waals surface area contributed by atoms with Crippen LogP contribution in [-0.4, -0.2) is 40.6 Å². The number of ether oxygens (including phenoxy) is 1. The van der Waals surface area contributed by atoms with Crippen molar-refractivity contribution >= 4 is 17.2 Å². The summed E-state index contributed by atoms with van der Waals surface area (Å²) in [6, 6.07) is 0.171. The van der Waals surface area contributed by atoms with E-state index in [0.717, 1.165) is 24.2 Å². The topological polar surface area (TPSA) is 62.4 Å². The number of rotatable bonds is 3. The number of hydrogen-bond donors (Lipinski definition) is 1. The van der Waals surface area contributed by atoms with Crippen molar-refractivity contribution in [3.63, 3.8) is 0 Å². The summed E-state index contributed by atoms with van der Waals surface area (Å²) in [5, 5.41) is 1.60. The molecule has 1 amide bonds. The highest BCUT2D eigenvalue weighted by molar-refractivity contribution is 7.07. The minimum atomic E-state index is -0.196. The summed E-state index contributed by atoms with van der Waals surface area (Å²) < 4.78 is 5.69. The van der Waals surface area contributed by atoms with Crippen LogP contribution in [0.15, 0.2) is 10.2 Å². The molecule has 0 radical (unpaired) electrons. The first kappa shape index (κ1) is 14.3. The van der Waals surface area contributed by atoms with Crippen molar-refractivity contribution in [2.24, 2.45) is 0 Å². The molecule has 0 bridgehead atoms. The van der Waals surface area contributed by atoms with E-state index in [1.807, 2.05) is 25.7 Å². The summed E-state index contributed by atoms with van der Waals surface area (Å²) >= 11 is 1.02. The van der Waals surface area contributed by atoms with Gasteiger partial charge in [0.25, 0.3) is 5.91 Å². The first-order valence-electron chi connectivity index (χ1n) is 6.55. The van der Waals surface area contributed by atoms with E-state index in [9.17, 15) is 9.59 Å². The first-order valence-corrected chi connectivity index (χ1v) is 7.43. The zero-order valence-electron chi connectivity index (χ0n) is 11.6. The molecule has 1 aromatic heterocycles. The highest BCUT2D eigenvalue weighted by atomic mass is 32.1. The number of thiazole rings is 1. The SMILES string of the molecule is CCN(C(=O)c1csc(=O)[nH]1)C1CCOC(C)(C)C1. The van der Waals surface area contributed by atoms with Crippen molar-refractivity contribution in [2.75, 3.05) is 13.2 Å². The van der Waals surface area contributed by atoms with Crippen molar-refractivity contribution in [3.8, 4) is 0 Å². The van der Waals surface area contributed by atoms with Crippen molar-refractivity contribution in [1.82, 2.24) is 9.88 Å². The lowest BCUT2D eigenvalue weighted by molar-refractivity contribution is -0.0777. The molecule has 1 fully saturated rings. The maximum atomic E-state index is 12.4. The third-order valence-corrected chi connectivity index (χ3v) is 4.13.